The van der Waals surface area contributed by atoms with Crippen LogP contribution in [-0.4, -0.2) is 58.4 Å². The van der Waals surface area contributed by atoms with E-state index >= 15 is 0 Å². The number of aliphatic hydroxyl groups is 1. The molecule has 3 aromatic carbocycles. The summed E-state index contributed by atoms with van der Waals surface area (Å²) in [4.78, 5) is 37.1. The number of carboxylic acids is 1. The van der Waals surface area contributed by atoms with Crippen LogP contribution in [0.5, 0.6) is 0 Å². The Morgan fingerprint density at radius 2 is 1.47 bits per heavy atom. The molecule has 0 radical (unpaired) electrons. The summed E-state index contributed by atoms with van der Waals surface area (Å²) in [5.74, 6) is -1.78. The van der Waals surface area contributed by atoms with Gasteiger partial charge >= 0.3 is 12.1 Å². The van der Waals surface area contributed by atoms with Crippen molar-refractivity contribution in [1.82, 2.24) is 4.90 Å². The van der Waals surface area contributed by atoms with Gasteiger partial charge in [-0.3, -0.25) is 10.1 Å². The third-order valence-electron chi connectivity index (χ3n) is 6.31. The van der Waals surface area contributed by atoms with E-state index in [-0.39, 0.29) is 25.6 Å². The number of fused-ring (bicyclic) bond motifs is 3. The molecule has 1 fully saturated rings. The molecular weight excluding hydrogens is 436 g/mol. The van der Waals surface area contributed by atoms with Gasteiger partial charge in [-0.1, -0.05) is 48.5 Å². The lowest BCUT2D eigenvalue weighted by Gasteiger charge is -2.43. The second-order valence-corrected chi connectivity index (χ2v) is 8.53. The standard InChI is InChI=1S/C26H22N2O6/c29-23(28-14-26(33,15-28)24(30)31)16-9-11-17(12-10-16)27-25(32)34-13-22-20-7-3-1-5-18(20)19-6-2-4-8-21(19)22/h1-12,22,33H,13-15H2,(H,27,32)(H,30,31). The van der Waals surface area contributed by atoms with Gasteiger partial charge in [0.15, 0.2) is 5.60 Å². The van der Waals surface area contributed by atoms with Gasteiger partial charge in [-0.15, -0.1) is 0 Å². The largest absolute Gasteiger partial charge is 0.479 e. The Kier molecular flexibility index (Phi) is 5.30. The van der Waals surface area contributed by atoms with Crippen molar-refractivity contribution in [2.45, 2.75) is 11.5 Å². The number of hydrogen-bond donors (Lipinski definition) is 3. The minimum Gasteiger partial charge on any atom is -0.479 e. The van der Waals surface area contributed by atoms with Gasteiger partial charge in [-0.2, -0.15) is 0 Å². The first-order valence-electron chi connectivity index (χ1n) is 10.8. The number of amides is 2. The zero-order chi connectivity index (χ0) is 23.9. The number of carboxylic acid groups (broad SMARTS) is 1. The average Bonchev–Trinajstić information content (AvgIpc) is 3.14. The molecule has 0 atom stereocenters. The molecule has 0 aromatic heterocycles. The maximum absolute atomic E-state index is 12.4. The number of carbonyl (C=O) groups excluding carboxylic acids is 2. The molecular formula is C26H22N2O6. The highest BCUT2D eigenvalue weighted by Crippen LogP contribution is 2.44. The van der Waals surface area contributed by atoms with Gasteiger partial charge in [0, 0.05) is 17.2 Å². The number of aliphatic carboxylic acids is 1. The molecule has 0 unspecified atom stereocenters. The van der Waals surface area contributed by atoms with Crippen LogP contribution in [0.25, 0.3) is 11.1 Å². The van der Waals surface area contributed by atoms with Gasteiger partial charge in [-0.25, -0.2) is 9.59 Å². The van der Waals surface area contributed by atoms with Gasteiger partial charge in [-0.05, 0) is 46.5 Å². The molecule has 8 heteroatoms. The number of hydrogen-bond acceptors (Lipinski definition) is 5. The summed E-state index contributed by atoms with van der Waals surface area (Å²) in [6, 6.07) is 22.4. The predicted molar refractivity (Wildman–Crippen MR) is 124 cm³/mol. The van der Waals surface area contributed by atoms with E-state index < -0.39 is 23.6 Å². The topological polar surface area (TPSA) is 116 Å². The molecule has 0 spiro atoms. The Morgan fingerprint density at radius 3 is 2.03 bits per heavy atom. The first kappa shape index (κ1) is 21.7. The van der Waals surface area contributed by atoms with Crippen LogP contribution < -0.4 is 5.32 Å². The third-order valence-corrected chi connectivity index (χ3v) is 6.31. The molecule has 1 aliphatic heterocycles. The normalized spacial score (nSPS) is 15.6. The highest BCUT2D eigenvalue weighted by molar-refractivity contribution is 5.97. The Bertz CT molecular complexity index is 1230. The molecule has 1 heterocycles. The lowest BCUT2D eigenvalue weighted by atomic mass is 9.93. The maximum atomic E-state index is 12.4. The Morgan fingerprint density at radius 1 is 0.912 bits per heavy atom. The zero-order valence-electron chi connectivity index (χ0n) is 18.1. The third kappa shape index (κ3) is 3.78. The van der Waals surface area contributed by atoms with Crippen LogP contribution in [0.1, 0.15) is 27.4 Å². The highest BCUT2D eigenvalue weighted by atomic mass is 16.5. The highest BCUT2D eigenvalue weighted by Gasteiger charge is 2.50. The van der Waals surface area contributed by atoms with E-state index in [9.17, 15) is 19.5 Å². The van der Waals surface area contributed by atoms with Gasteiger partial charge in [0.2, 0.25) is 0 Å². The Hall–Kier alpha value is -4.17. The van der Waals surface area contributed by atoms with E-state index in [1.807, 2.05) is 36.4 Å². The summed E-state index contributed by atoms with van der Waals surface area (Å²) in [5, 5.41) is 21.4. The summed E-state index contributed by atoms with van der Waals surface area (Å²) in [5.41, 5.74) is 3.44. The molecule has 0 saturated carbocycles. The number of benzene rings is 3. The molecule has 3 aromatic rings. The van der Waals surface area contributed by atoms with E-state index in [2.05, 4.69) is 17.4 Å². The first-order chi connectivity index (χ1) is 16.4. The van der Waals surface area contributed by atoms with Crippen LogP contribution >= 0.6 is 0 Å². The smallest absolute Gasteiger partial charge is 0.411 e. The summed E-state index contributed by atoms with van der Waals surface area (Å²) in [6.07, 6.45) is -0.602. The quantitative estimate of drug-likeness (QED) is 0.540. The van der Waals surface area contributed by atoms with Crippen molar-refractivity contribution >= 4 is 23.7 Å². The van der Waals surface area contributed by atoms with Crippen LogP contribution in [0, 0.1) is 0 Å². The average molecular weight is 458 g/mol. The summed E-state index contributed by atoms with van der Waals surface area (Å²) in [6.45, 7) is -0.334. The molecule has 2 aliphatic rings. The predicted octanol–water partition coefficient (Wildman–Crippen LogP) is 3.32. The molecule has 1 saturated heterocycles. The number of carbonyl (C=O) groups is 3. The summed E-state index contributed by atoms with van der Waals surface area (Å²) >= 11 is 0. The van der Waals surface area contributed by atoms with Crippen molar-refractivity contribution in [2.75, 3.05) is 25.0 Å². The van der Waals surface area contributed by atoms with Crippen LogP contribution in [0.15, 0.2) is 72.8 Å². The van der Waals surface area contributed by atoms with Crippen molar-refractivity contribution < 1.29 is 29.3 Å². The minimum atomic E-state index is -1.89. The van der Waals surface area contributed by atoms with Gasteiger partial charge < -0.3 is 19.8 Å². The van der Waals surface area contributed by atoms with Gasteiger partial charge in [0.25, 0.3) is 5.91 Å². The molecule has 172 valence electrons. The number of ether oxygens (including phenoxy) is 1. The number of likely N-dealkylation sites (tertiary alicyclic amines) is 1. The van der Waals surface area contributed by atoms with Crippen molar-refractivity contribution in [3.05, 3.63) is 89.5 Å². The number of nitrogens with one attached hydrogen (secondary N) is 1. The molecule has 1 aliphatic carbocycles. The van der Waals surface area contributed by atoms with Crippen LogP contribution in [0.3, 0.4) is 0 Å². The zero-order valence-corrected chi connectivity index (χ0v) is 18.1. The van der Waals surface area contributed by atoms with Crippen LogP contribution in [0.2, 0.25) is 0 Å². The fraction of sp³-hybridized carbons (Fsp3) is 0.192. The number of nitrogens with zero attached hydrogens (tertiary/aromatic N) is 1. The Balaban J connectivity index is 1.18. The second-order valence-electron chi connectivity index (χ2n) is 8.53. The van der Waals surface area contributed by atoms with Crippen LogP contribution in [-0.2, 0) is 9.53 Å². The Labute approximate surface area is 195 Å². The van der Waals surface area contributed by atoms with Gasteiger partial charge in [0.1, 0.15) is 6.61 Å². The molecule has 2 amide bonds. The molecule has 0 bridgehead atoms. The molecule has 3 N–H and O–H groups in total. The maximum Gasteiger partial charge on any atom is 0.411 e. The number of β-amino-alcohol motifs (C(OH)–C–C–N with tert-alkyl or cyclic N) is 1. The van der Waals surface area contributed by atoms with Crippen LogP contribution in [0.4, 0.5) is 10.5 Å². The van der Waals surface area contributed by atoms with Crippen molar-refractivity contribution in [1.29, 1.82) is 0 Å². The molecule has 8 nitrogen and oxygen atoms in total. The SMILES string of the molecule is O=C(Nc1ccc(C(=O)N2CC(O)(C(=O)O)C2)cc1)OCC1c2ccccc2-c2ccccc21. The summed E-state index contributed by atoms with van der Waals surface area (Å²) < 4.78 is 5.52. The van der Waals surface area contributed by atoms with Gasteiger partial charge in [0.05, 0.1) is 13.1 Å². The van der Waals surface area contributed by atoms with E-state index in [1.54, 1.807) is 12.1 Å². The monoisotopic (exact) mass is 458 g/mol. The summed E-state index contributed by atoms with van der Waals surface area (Å²) in [7, 11) is 0. The number of rotatable bonds is 5. The first-order valence-corrected chi connectivity index (χ1v) is 10.8. The van der Waals surface area contributed by atoms with E-state index in [1.165, 1.54) is 17.0 Å². The van der Waals surface area contributed by atoms with E-state index in [4.69, 9.17) is 9.84 Å². The molecule has 34 heavy (non-hydrogen) atoms. The van der Waals surface area contributed by atoms with Crippen molar-refractivity contribution in [2.24, 2.45) is 0 Å². The second kappa shape index (κ2) is 8.31. The lowest BCUT2D eigenvalue weighted by Crippen LogP contribution is -2.67. The fourth-order valence-corrected chi connectivity index (χ4v) is 4.50. The van der Waals surface area contributed by atoms with Crippen molar-refractivity contribution in [3.63, 3.8) is 0 Å². The minimum absolute atomic E-state index is 0.0425. The molecule has 5 rings (SSSR count). The fourth-order valence-electron chi connectivity index (χ4n) is 4.50. The van der Waals surface area contributed by atoms with E-state index in [0.29, 0.717) is 11.3 Å². The lowest BCUT2D eigenvalue weighted by molar-refractivity contribution is -0.173. The van der Waals surface area contributed by atoms with Crippen molar-refractivity contribution in [3.8, 4) is 11.1 Å². The van der Waals surface area contributed by atoms with E-state index in [0.717, 1.165) is 22.3 Å². The number of anilines is 1.